The zero-order valence-corrected chi connectivity index (χ0v) is 8.17. The highest BCUT2D eigenvalue weighted by molar-refractivity contribution is 5.35. The average Bonchev–Trinajstić information content (AvgIpc) is 2.28. The maximum atomic E-state index is 4.32. The summed E-state index contributed by atoms with van der Waals surface area (Å²) < 4.78 is 1.89. The first-order valence-electron chi connectivity index (χ1n) is 4.73. The van der Waals surface area contributed by atoms with Crippen molar-refractivity contribution in [1.82, 2.24) is 15.1 Å². The molecular weight excluding hydrogens is 164 g/mol. The Morgan fingerprint density at radius 3 is 3.00 bits per heavy atom. The fourth-order valence-corrected chi connectivity index (χ4v) is 1.40. The molecule has 0 saturated carbocycles. The van der Waals surface area contributed by atoms with Gasteiger partial charge < -0.3 is 10.6 Å². The van der Waals surface area contributed by atoms with Crippen molar-refractivity contribution in [2.45, 2.75) is 19.4 Å². The molecule has 1 atom stereocenters. The van der Waals surface area contributed by atoms with Gasteiger partial charge in [0.1, 0.15) is 5.82 Å². The summed E-state index contributed by atoms with van der Waals surface area (Å²) in [6.45, 7) is 4.20. The quantitative estimate of drug-likeness (QED) is 0.712. The first kappa shape index (κ1) is 8.56. The standard InChI is InChI=1S/C9H16N4/c1-7-5-9(12-13(7)2)11-6-8-3-4-10-8/h5,8,10H,3-4,6H2,1-2H3,(H,11,12). The van der Waals surface area contributed by atoms with Crippen LogP contribution in [0.1, 0.15) is 12.1 Å². The minimum absolute atomic E-state index is 0.641. The molecule has 0 radical (unpaired) electrons. The highest BCUT2D eigenvalue weighted by atomic mass is 15.3. The second kappa shape index (κ2) is 3.38. The van der Waals surface area contributed by atoms with Crippen LogP contribution in [0.2, 0.25) is 0 Å². The molecule has 0 aliphatic carbocycles. The van der Waals surface area contributed by atoms with Gasteiger partial charge in [-0.3, -0.25) is 4.68 Å². The van der Waals surface area contributed by atoms with Crippen molar-refractivity contribution in [3.63, 3.8) is 0 Å². The predicted octanol–water partition coefficient (Wildman–Crippen LogP) is 0.502. The molecule has 0 spiro atoms. The molecule has 1 aromatic rings. The number of aromatic nitrogens is 2. The molecule has 4 nitrogen and oxygen atoms in total. The van der Waals surface area contributed by atoms with Crippen LogP contribution in [0.4, 0.5) is 5.82 Å². The van der Waals surface area contributed by atoms with Gasteiger partial charge in [-0.15, -0.1) is 0 Å². The second-order valence-corrected chi connectivity index (χ2v) is 3.62. The van der Waals surface area contributed by atoms with E-state index in [1.165, 1.54) is 12.1 Å². The summed E-state index contributed by atoms with van der Waals surface area (Å²) in [4.78, 5) is 0. The number of anilines is 1. The minimum Gasteiger partial charge on any atom is -0.367 e. The number of nitrogens with zero attached hydrogens (tertiary/aromatic N) is 2. The fourth-order valence-electron chi connectivity index (χ4n) is 1.40. The molecule has 1 saturated heterocycles. The van der Waals surface area contributed by atoms with Gasteiger partial charge in [-0.1, -0.05) is 0 Å². The Morgan fingerprint density at radius 1 is 1.77 bits per heavy atom. The lowest BCUT2D eigenvalue weighted by atomic mass is 10.1. The number of hydrogen-bond donors (Lipinski definition) is 2. The molecule has 0 aromatic carbocycles. The van der Waals surface area contributed by atoms with E-state index in [2.05, 4.69) is 28.7 Å². The molecule has 2 rings (SSSR count). The fraction of sp³-hybridized carbons (Fsp3) is 0.667. The zero-order chi connectivity index (χ0) is 9.26. The topological polar surface area (TPSA) is 41.9 Å². The molecule has 1 fully saturated rings. The summed E-state index contributed by atoms with van der Waals surface area (Å²) in [5.74, 6) is 0.980. The van der Waals surface area contributed by atoms with Gasteiger partial charge in [-0.2, -0.15) is 5.10 Å². The normalized spacial score (nSPS) is 21.2. The summed E-state index contributed by atoms with van der Waals surface area (Å²) >= 11 is 0. The van der Waals surface area contributed by atoms with E-state index in [4.69, 9.17) is 0 Å². The van der Waals surface area contributed by atoms with Crippen LogP contribution < -0.4 is 10.6 Å². The van der Waals surface area contributed by atoms with Gasteiger partial charge in [0.25, 0.3) is 0 Å². The van der Waals surface area contributed by atoms with Crippen molar-refractivity contribution < 1.29 is 0 Å². The summed E-state index contributed by atoms with van der Waals surface area (Å²) in [7, 11) is 1.96. The molecule has 2 N–H and O–H groups in total. The van der Waals surface area contributed by atoms with Crippen molar-refractivity contribution >= 4 is 5.82 Å². The first-order valence-corrected chi connectivity index (χ1v) is 4.73. The third-order valence-corrected chi connectivity index (χ3v) is 2.57. The Morgan fingerprint density at radius 2 is 2.54 bits per heavy atom. The molecular formula is C9H16N4. The number of hydrogen-bond acceptors (Lipinski definition) is 3. The number of aryl methyl sites for hydroxylation is 2. The summed E-state index contributed by atoms with van der Waals surface area (Å²) in [5.41, 5.74) is 1.18. The molecule has 0 bridgehead atoms. The molecule has 1 aliphatic heterocycles. The van der Waals surface area contributed by atoms with Crippen LogP contribution >= 0.6 is 0 Å². The minimum atomic E-state index is 0.641. The van der Waals surface area contributed by atoms with Crippen LogP contribution in [-0.2, 0) is 7.05 Å². The molecule has 2 heterocycles. The van der Waals surface area contributed by atoms with Crippen LogP contribution in [0, 0.1) is 6.92 Å². The van der Waals surface area contributed by atoms with E-state index in [9.17, 15) is 0 Å². The Kier molecular flexibility index (Phi) is 2.22. The first-order chi connectivity index (χ1) is 6.25. The summed E-state index contributed by atoms with van der Waals surface area (Å²) in [6, 6.07) is 2.71. The molecule has 4 heteroatoms. The third kappa shape index (κ3) is 1.83. The lowest BCUT2D eigenvalue weighted by Crippen LogP contribution is -2.47. The molecule has 72 valence electrons. The van der Waals surface area contributed by atoms with Gasteiger partial charge in [0, 0.05) is 31.4 Å². The monoisotopic (exact) mass is 180 g/mol. The lowest BCUT2D eigenvalue weighted by molar-refractivity contribution is 0.386. The van der Waals surface area contributed by atoms with Gasteiger partial charge in [0.15, 0.2) is 0 Å². The van der Waals surface area contributed by atoms with E-state index < -0.39 is 0 Å². The Bertz CT molecular complexity index is 268. The summed E-state index contributed by atoms with van der Waals surface area (Å²) in [5, 5.41) is 11.0. The van der Waals surface area contributed by atoms with Crippen molar-refractivity contribution in [2.75, 3.05) is 18.4 Å². The SMILES string of the molecule is Cc1cc(NCC2CCN2)nn1C. The van der Waals surface area contributed by atoms with Crippen LogP contribution in [-0.4, -0.2) is 28.9 Å². The number of rotatable bonds is 3. The van der Waals surface area contributed by atoms with Crippen molar-refractivity contribution in [3.8, 4) is 0 Å². The smallest absolute Gasteiger partial charge is 0.148 e. The number of nitrogens with one attached hydrogen (secondary N) is 2. The maximum absolute atomic E-state index is 4.32. The van der Waals surface area contributed by atoms with Crippen LogP contribution in [0.15, 0.2) is 6.07 Å². The van der Waals surface area contributed by atoms with E-state index >= 15 is 0 Å². The van der Waals surface area contributed by atoms with Crippen LogP contribution in [0.3, 0.4) is 0 Å². The van der Waals surface area contributed by atoms with Crippen molar-refractivity contribution in [3.05, 3.63) is 11.8 Å². The van der Waals surface area contributed by atoms with Crippen molar-refractivity contribution in [1.29, 1.82) is 0 Å². The Balaban J connectivity index is 1.86. The molecule has 1 aliphatic rings. The molecule has 13 heavy (non-hydrogen) atoms. The van der Waals surface area contributed by atoms with E-state index in [1.54, 1.807) is 0 Å². The van der Waals surface area contributed by atoms with Crippen molar-refractivity contribution in [2.24, 2.45) is 7.05 Å². The van der Waals surface area contributed by atoms with Gasteiger partial charge in [0.05, 0.1) is 0 Å². The van der Waals surface area contributed by atoms with Gasteiger partial charge in [-0.25, -0.2) is 0 Å². The van der Waals surface area contributed by atoms with Gasteiger partial charge in [-0.05, 0) is 19.9 Å². The van der Waals surface area contributed by atoms with Gasteiger partial charge >= 0.3 is 0 Å². The van der Waals surface area contributed by atoms with Crippen LogP contribution in [0.25, 0.3) is 0 Å². The summed E-state index contributed by atoms with van der Waals surface area (Å²) in [6.07, 6.45) is 1.28. The average molecular weight is 180 g/mol. The van der Waals surface area contributed by atoms with E-state index in [-0.39, 0.29) is 0 Å². The third-order valence-electron chi connectivity index (χ3n) is 2.57. The predicted molar refractivity (Wildman–Crippen MR) is 52.8 cm³/mol. The molecule has 1 unspecified atom stereocenters. The van der Waals surface area contributed by atoms with E-state index in [0.29, 0.717) is 6.04 Å². The Hall–Kier alpha value is -1.03. The molecule has 0 amide bonds. The van der Waals surface area contributed by atoms with Gasteiger partial charge in [0.2, 0.25) is 0 Å². The maximum Gasteiger partial charge on any atom is 0.148 e. The highest BCUT2D eigenvalue weighted by Crippen LogP contribution is 2.08. The largest absolute Gasteiger partial charge is 0.367 e. The second-order valence-electron chi connectivity index (χ2n) is 3.62. The Labute approximate surface area is 78.3 Å². The van der Waals surface area contributed by atoms with E-state index in [1.807, 2.05) is 11.7 Å². The molecule has 1 aromatic heterocycles. The zero-order valence-electron chi connectivity index (χ0n) is 8.17. The van der Waals surface area contributed by atoms with Crippen LogP contribution in [0.5, 0.6) is 0 Å². The lowest BCUT2D eigenvalue weighted by Gasteiger charge is -2.27. The highest BCUT2D eigenvalue weighted by Gasteiger charge is 2.15. The van der Waals surface area contributed by atoms with E-state index in [0.717, 1.165) is 18.9 Å².